The lowest BCUT2D eigenvalue weighted by Gasteiger charge is -2.33. The summed E-state index contributed by atoms with van der Waals surface area (Å²) in [6, 6.07) is 20.7. The van der Waals surface area contributed by atoms with Gasteiger partial charge in [-0.15, -0.1) is 10.2 Å². The van der Waals surface area contributed by atoms with E-state index in [4.69, 9.17) is 0 Å². The number of anilines is 2. The van der Waals surface area contributed by atoms with Crippen molar-refractivity contribution in [3.63, 3.8) is 0 Å². The zero-order chi connectivity index (χ0) is 20.6. The molecule has 150 valence electrons. The Kier molecular flexibility index (Phi) is 4.71. The number of alkyl halides is 1. The summed E-state index contributed by atoms with van der Waals surface area (Å²) in [6.45, 7) is 2.89. The summed E-state index contributed by atoms with van der Waals surface area (Å²) in [5, 5.41) is 18.0. The molecule has 0 amide bonds. The maximum absolute atomic E-state index is 4.60. The van der Waals surface area contributed by atoms with E-state index in [0.717, 1.165) is 41.2 Å². The number of pyridine rings is 1. The minimum Gasteiger partial charge on any atom is -0.351 e. The quantitative estimate of drug-likeness (QED) is 0.327. The van der Waals surface area contributed by atoms with Gasteiger partial charge in [0.15, 0.2) is 10.4 Å². The maximum atomic E-state index is 4.60. The summed E-state index contributed by atoms with van der Waals surface area (Å²) in [6.07, 6.45) is 2.72. The standard InChI is InChI=1S/C22H20BrN7/c1-2-22(23)25-19-8-5-13-24-21(19)30(22)14-15-9-11-16(12-10-15)17-6-3-4-7-18(17)20-26-28-29-27-20/h3-13,25H,2,14H2,1H3,(H,26,27,28,29). The van der Waals surface area contributed by atoms with E-state index in [1.807, 2.05) is 30.5 Å². The number of hydrogen-bond donors (Lipinski definition) is 2. The third-order valence-corrected chi connectivity index (χ3v) is 6.57. The van der Waals surface area contributed by atoms with Crippen molar-refractivity contribution in [3.8, 4) is 22.5 Å². The molecule has 8 heteroatoms. The van der Waals surface area contributed by atoms with Crippen LogP contribution in [0.2, 0.25) is 0 Å². The number of tetrazole rings is 1. The van der Waals surface area contributed by atoms with Crippen LogP contribution >= 0.6 is 15.9 Å². The van der Waals surface area contributed by atoms with Crippen molar-refractivity contribution in [2.45, 2.75) is 24.5 Å². The normalized spacial score (nSPS) is 17.6. The molecule has 1 atom stereocenters. The van der Waals surface area contributed by atoms with Crippen LogP contribution in [-0.4, -0.2) is 30.2 Å². The van der Waals surface area contributed by atoms with Crippen molar-refractivity contribution in [2.24, 2.45) is 0 Å². The average molecular weight is 462 g/mol. The Hall–Kier alpha value is -3.26. The van der Waals surface area contributed by atoms with E-state index in [2.05, 4.69) is 95.1 Å². The van der Waals surface area contributed by atoms with Gasteiger partial charge in [0.25, 0.3) is 0 Å². The highest BCUT2D eigenvalue weighted by molar-refractivity contribution is 9.10. The van der Waals surface area contributed by atoms with Crippen molar-refractivity contribution in [1.82, 2.24) is 25.6 Å². The number of nitrogens with one attached hydrogen (secondary N) is 2. The number of hydrogen-bond acceptors (Lipinski definition) is 6. The molecule has 2 aromatic carbocycles. The molecule has 0 aliphatic carbocycles. The number of aromatic amines is 1. The highest BCUT2D eigenvalue weighted by atomic mass is 79.9. The molecule has 5 rings (SSSR count). The average Bonchev–Trinajstić information content (AvgIpc) is 3.42. The number of H-pyrrole nitrogens is 1. The number of rotatable bonds is 5. The second-order valence-corrected chi connectivity index (χ2v) is 8.49. The molecule has 0 saturated carbocycles. The largest absolute Gasteiger partial charge is 0.351 e. The highest BCUT2D eigenvalue weighted by Gasteiger charge is 2.40. The first-order chi connectivity index (χ1) is 14.7. The SMILES string of the molecule is CCC1(Br)Nc2cccnc2N1Cc1ccc(-c2ccccc2-c2nn[nH]n2)cc1. The molecule has 30 heavy (non-hydrogen) atoms. The predicted molar refractivity (Wildman–Crippen MR) is 121 cm³/mol. The monoisotopic (exact) mass is 461 g/mol. The summed E-state index contributed by atoms with van der Waals surface area (Å²) < 4.78 is -0.340. The molecule has 0 fully saturated rings. The summed E-state index contributed by atoms with van der Waals surface area (Å²) in [7, 11) is 0. The van der Waals surface area contributed by atoms with Gasteiger partial charge in [-0.1, -0.05) is 55.5 Å². The van der Waals surface area contributed by atoms with Gasteiger partial charge in [-0.25, -0.2) is 4.98 Å². The van der Waals surface area contributed by atoms with E-state index in [0.29, 0.717) is 5.82 Å². The molecule has 7 nitrogen and oxygen atoms in total. The fourth-order valence-electron chi connectivity index (χ4n) is 3.81. The van der Waals surface area contributed by atoms with Gasteiger partial charge in [0.2, 0.25) is 5.82 Å². The van der Waals surface area contributed by atoms with Crippen molar-refractivity contribution >= 4 is 27.4 Å². The molecular formula is C22H20BrN7. The lowest BCUT2D eigenvalue weighted by molar-refractivity contribution is 0.608. The molecule has 1 unspecified atom stereocenters. The first kappa shape index (κ1) is 18.7. The van der Waals surface area contributed by atoms with Crippen LogP contribution in [0.1, 0.15) is 18.9 Å². The van der Waals surface area contributed by atoms with Crippen molar-refractivity contribution < 1.29 is 0 Å². The van der Waals surface area contributed by atoms with Crippen LogP contribution < -0.4 is 10.2 Å². The summed E-state index contributed by atoms with van der Waals surface area (Å²) >= 11 is 3.88. The van der Waals surface area contributed by atoms with Crippen LogP contribution in [0.4, 0.5) is 11.5 Å². The first-order valence-corrected chi connectivity index (χ1v) is 10.6. The molecule has 0 spiro atoms. The maximum Gasteiger partial charge on any atom is 0.205 e. The number of benzene rings is 2. The van der Waals surface area contributed by atoms with E-state index in [1.54, 1.807) is 0 Å². The molecule has 0 radical (unpaired) electrons. The molecule has 1 aliphatic rings. The van der Waals surface area contributed by atoms with Crippen LogP contribution in [0.3, 0.4) is 0 Å². The zero-order valence-electron chi connectivity index (χ0n) is 16.4. The molecule has 3 heterocycles. The third-order valence-electron chi connectivity index (χ3n) is 5.38. The topological polar surface area (TPSA) is 82.6 Å². The first-order valence-electron chi connectivity index (χ1n) is 9.80. The van der Waals surface area contributed by atoms with Gasteiger partial charge >= 0.3 is 0 Å². The Labute approximate surface area is 182 Å². The molecule has 1 aliphatic heterocycles. The van der Waals surface area contributed by atoms with Gasteiger partial charge in [-0.2, -0.15) is 5.21 Å². The van der Waals surface area contributed by atoms with Crippen LogP contribution in [0.5, 0.6) is 0 Å². The Morgan fingerprint density at radius 2 is 1.80 bits per heavy atom. The number of aromatic nitrogens is 5. The van der Waals surface area contributed by atoms with E-state index >= 15 is 0 Å². The van der Waals surface area contributed by atoms with Gasteiger partial charge in [0.05, 0.1) is 5.69 Å². The van der Waals surface area contributed by atoms with Crippen LogP contribution in [0.15, 0.2) is 66.9 Å². The summed E-state index contributed by atoms with van der Waals surface area (Å²) in [5.74, 6) is 1.55. The molecule has 2 N–H and O–H groups in total. The summed E-state index contributed by atoms with van der Waals surface area (Å²) in [5.41, 5.74) is 5.38. The minimum atomic E-state index is -0.340. The van der Waals surface area contributed by atoms with Gasteiger partial charge in [-0.3, -0.25) is 0 Å². The fraction of sp³-hybridized carbons (Fsp3) is 0.182. The minimum absolute atomic E-state index is 0.340. The van der Waals surface area contributed by atoms with Crippen LogP contribution in [-0.2, 0) is 6.54 Å². The molecule has 2 aromatic heterocycles. The van der Waals surface area contributed by atoms with Gasteiger partial charge in [0.1, 0.15) is 0 Å². The number of nitrogens with zero attached hydrogens (tertiary/aromatic N) is 5. The van der Waals surface area contributed by atoms with E-state index in [9.17, 15) is 0 Å². The third kappa shape index (κ3) is 3.23. The molecule has 0 bridgehead atoms. The number of fused-ring (bicyclic) bond motifs is 1. The highest BCUT2D eigenvalue weighted by Crippen LogP contribution is 2.44. The van der Waals surface area contributed by atoms with E-state index in [-0.39, 0.29) is 4.57 Å². The van der Waals surface area contributed by atoms with Crippen molar-refractivity contribution in [2.75, 3.05) is 10.2 Å². The molecule has 4 aromatic rings. The Bertz CT molecular complexity index is 1160. The molecular weight excluding hydrogens is 442 g/mol. The second-order valence-electron chi connectivity index (χ2n) is 7.18. The lowest BCUT2D eigenvalue weighted by atomic mass is 9.98. The van der Waals surface area contributed by atoms with Crippen molar-refractivity contribution in [3.05, 3.63) is 72.4 Å². The Morgan fingerprint density at radius 1 is 1.00 bits per heavy atom. The van der Waals surface area contributed by atoms with Crippen molar-refractivity contribution in [1.29, 1.82) is 0 Å². The van der Waals surface area contributed by atoms with Gasteiger partial charge in [0, 0.05) is 18.3 Å². The van der Waals surface area contributed by atoms with Crippen LogP contribution in [0, 0.1) is 0 Å². The Balaban J connectivity index is 1.44. The lowest BCUT2D eigenvalue weighted by Crippen LogP contribution is -2.44. The molecule has 0 saturated heterocycles. The summed E-state index contributed by atoms with van der Waals surface area (Å²) in [4.78, 5) is 6.86. The van der Waals surface area contributed by atoms with E-state index in [1.165, 1.54) is 5.56 Å². The van der Waals surface area contributed by atoms with Gasteiger partial charge < -0.3 is 10.2 Å². The van der Waals surface area contributed by atoms with Gasteiger partial charge in [-0.05, 0) is 56.4 Å². The Morgan fingerprint density at radius 3 is 2.53 bits per heavy atom. The van der Waals surface area contributed by atoms with Crippen LogP contribution in [0.25, 0.3) is 22.5 Å². The zero-order valence-corrected chi connectivity index (χ0v) is 18.0. The fourth-order valence-corrected chi connectivity index (χ4v) is 4.32. The second kappa shape index (κ2) is 7.53. The predicted octanol–water partition coefficient (Wildman–Crippen LogP) is 4.82. The smallest absolute Gasteiger partial charge is 0.205 e. The van der Waals surface area contributed by atoms with E-state index < -0.39 is 0 Å². The number of halogens is 1.